The topological polar surface area (TPSA) is 42.0 Å². The highest BCUT2D eigenvalue weighted by Crippen LogP contribution is 2.40. The Balaban J connectivity index is 1.25. The zero-order valence-corrected chi connectivity index (χ0v) is 20.4. The third kappa shape index (κ3) is 5.23. The van der Waals surface area contributed by atoms with Crippen molar-refractivity contribution < 1.29 is 9.18 Å². The maximum absolute atomic E-state index is 13.9. The average Bonchev–Trinajstić information content (AvgIpc) is 2.93. The Morgan fingerprint density at radius 1 is 0.972 bits per heavy atom. The lowest BCUT2D eigenvalue weighted by Crippen LogP contribution is -2.41. The highest BCUT2D eigenvalue weighted by molar-refractivity contribution is 5.95. The van der Waals surface area contributed by atoms with Crippen LogP contribution < -0.4 is 5.32 Å². The molecule has 4 aromatic rings. The van der Waals surface area contributed by atoms with Crippen molar-refractivity contribution in [2.45, 2.75) is 44.1 Å². The van der Waals surface area contributed by atoms with Crippen molar-refractivity contribution in [3.05, 3.63) is 115 Å². The molecule has 3 nitrogen and oxygen atoms in total. The average molecular weight is 479 g/mol. The molecule has 4 heteroatoms. The first-order chi connectivity index (χ1) is 17.6. The summed E-state index contributed by atoms with van der Waals surface area (Å²) in [5, 5.41) is 4.20. The van der Waals surface area contributed by atoms with E-state index in [1.54, 1.807) is 12.1 Å². The van der Waals surface area contributed by atoms with Crippen molar-refractivity contribution in [2.75, 3.05) is 0 Å². The number of halogens is 1. The first-order valence-electron chi connectivity index (χ1n) is 12.7. The van der Waals surface area contributed by atoms with E-state index >= 15 is 0 Å². The molecule has 1 aliphatic rings. The normalized spacial score (nSPS) is 18.5. The van der Waals surface area contributed by atoms with Gasteiger partial charge in [-0.1, -0.05) is 48.5 Å². The molecule has 1 fully saturated rings. The number of aromatic nitrogens is 1. The summed E-state index contributed by atoms with van der Waals surface area (Å²) >= 11 is 0. The van der Waals surface area contributed by atoms with Gasteiger partial charge >= 0.3 is 0 Å². The van der Waals surface area contributed by atoms with E-state index in [-0.39, 0.29) is 17.8 Å². The summed E-state index contributed by atoms with van der Waals surface area (Å²) in [6.07, 6.45) is 8.50. The largest absolute Gasteiger partial charge is 0.349 e. The van der Waals surface area contributed by atoms with E-state index in [0.29, 0.717) is 17.4 Å². The molecule has 0 bridgehead atoms. The van der Waals surface area contributed by atoms with Crippen LogP contribution in [0.4, 0.5) is 4.39 Å². The molecule has 0 saturated heterocycles. The van der Waals surface area contributed by atoms with Crippen LogP contribution in [0.15, 0.2) is 97.7 Å². The molecule has 1 unspecified atom stereocenters. The van der Waals surface area contributed by atoms with Gasteiger partial charge in [0.25, 0.3) is 5.91 Å². The smallest absolute Gasteiger partial charge is 0.251 e. The molecular formula is C32H31FN2O. The SMILES string of the molecule is C=CCC(NC(=O)c1ccc(-c2ccccc2)cc1)C1CCC(c2ccnc3ccc(F)cc23)CC1. The molecule has 1 saturated carbocycles. The predicted octanol–water partition coefficient (Wildman–Crippen LogP) is 7.69. The highest BCUT2D eigenvalue weighted by atomic mass is 19.1. The number of hydrogen-bond acceptors (Lipinski definition) is 2. The summed E-state index contributed by atoms with van der Waals surface area (Å²) in [6, 6.07) is 24.9. The summed E-state index contributed by atoms with van der Waals surface area (Å²) in [4.78, 5) is 17.5. The van der Waals surface area contributed by atoms with Gasteiger partial charge in [-0.3, -0.25) is 9.78 Å². The molecular weight excluding hydrogens is 447 g/mol. The molecule has 1 N–H and O–H groups in total. The van der Waals surface area contributed by atoms with Crippen LogP contribution in [0.1, 0.15) is 53.9 Å². The lowest BCUT2D eigenvalue weighted by atomic mass is 9.74. The van der Waals surface area contributed by atoms with Crippen LogP contribution in [0.25, 0.3) is 22.0 Å². The Bertz CT molecular complexity index is 1340. The molecule has 5 rings (SSSR count). The second-order valence-electron chi connectivity index (χ2n) is 9.72. The summed E-state index contributed by atoms with van der Waals surface area (Å²) in [6.45, 7) is 3.93. The monoisotopic (exact) mass is 478 g/mol. The van der Waals surface area contributed by atoms with Crippen LogP contribution in [0.2, 0.25) is 0 Å². The lowest BCUT2D eigenvalue weighted by molar-refractivity contribution is 0.0912. The molecule has 1 aromatic heterocycles. The van der Waals surface area contributed by atoms with Gasteiger partial charge in [0.2, 0.25) is 0 Å². The van der Waals surface area contributed by atoms with Gasteiger partial charge in [0.1, 0.15) is 5.82 Å². The third-order valence-electron chi connectivity index (χ3n) is 7.51. The Kier molecular flexibility index (Phi) is 7.22. The summed E-state index contributed by atoms with van der Waals surface area (Å²) in [7, 11) is 0. The molecule has 1 heterocycles. The molecule has 1 aliphatic carbocycles. The van der Waals surface area contributed by atoms with Gasteiger partial charge < -0.3 is 5.32 Å². The van der Waals surface area contributed by atoms with E-state index in [1.807, 2.05) is 60.8 Å². The van der Waals surface area contributed by atoms with Crippen molar-refractivity contribution in [3.63, 3.8) is 0 Å². The maximum atomic E-state index is 13.9. The van der Waals surface area contributed by atoms with Crippen molar-refractivity contribution >= 4 is 16.8 Å². The Hall–Kier alpha value is -3.79. The van der Waals surface area contributed by atoms with Crippen molar-refractivity contribution in [1.82, 2.24) is 10.3 Å². The minimum atomic E-state index is -0.226. The van der Waals surface area contributed by atoms with Gasteiger partial charge in [-0.15, -0.1) is 6.58 Å². The van der Waals surface area contributed by atoms with Gasteiger partial charge in [-0.05, 0) is 97.0 Å². The number of carbonyl (C=O) groups excluding carboxylic acids is 1. The Morgan fingerprint density at radius 3 is 2.42 bits per heavy atom. The van der Waals surface area contributed by atoms with Crippen LogP contribution >= 0.6 is 0 Å². The molecule has 0 radical (unpaired) electrons. The molecule has 1 atom stereocenters. The Labute approximate surface area is 212 Å². The van der Waals surface area contributed by atoms with Gasteiger partial charge in [0.05, 0.1) is 5.52 Å². The zero-order valence-electron chi connectivity index (χ0n) is 20.4. The van der Waals surface area contributed by atoms with E-state index < -0.39 is 0 Å². The number of hydrogen-bond donors (Lipinski definition) is 1. The number of amides is 1. The molecule has 1 amide bonds. The minimum Gasteiger partial charge on any atom is -0.349 e. The van der Waals surface area contributed by atoms with Crippen molar-refractivity contribution in [2.24, 2.45) is 5.92 Å². The number of fused-ring (bicyclic) bond motifs is 1. The van der Waals surface area contributed by atoms with Crippen LogP contribution in [-0.4, -0.2) is 16.9 Å². The van der Waals surface area contributed by atoms with Crippen LogP contribution in [0.5, 0.6) is 0 Å². The molecule has 0 spiro atoms. The highest BCUT2D eigenvalue weighted by Gasteiger charge is 2.29. The minimum absolute atomic E-state index is 0.0424. The van der Waals surface area contributed by atoms with E-state index in [1.165, 1.54) is 11.6 Å². The number of nitrogens with zero attached hydrogens (tertiary/aromatic N) is 1. The van der Waals surface area contributed by atoms with Crippen molar-refractivity contribution in [1.29, 1.82) is 0 Å². The quantitative estimate of drug-likeness (QED) is 0.277. The van der Waals surface area contributed by atoms with Gasteiger partial charge in [0, 0.05) is 23.2 Å². The lowest BCUT2D eigenvalue weighted by Gasteiger charge is -2.34. The summed E-state index contributed by atoms with van der Waals surface area (Å²) in [5.74, 6) is 0.492. The zero-order chi connectivity index (χ0) is 24.9. The van der Waals surface area contributed by atoms with Gasteiger partial charge in [-0.2, -0.15) is 0 Å². The standard InChI is InChI=1S/C32H31FN2O/c1-2-6-30(35-32(36)26-15-9-23(10-16-26)22-7-4-3-5-8-22)25-13-11-24(12-14-25)28-19-20-34-31-18-17-27(33)21-29(28)31/h2-5,7-10,15-21,24-25,30H,1,6,11-14H2,(H,35,36). The van der Waals surface area contributed by atoms with E-state index in [0.717, 1.165) is 54.1 Å². The number of nitrogens with one attached hydrogen (secondary N) is 1. The second kappa shape index (κ2) is 10.9. The van der Waals surface area contributed by atoms with Crippen molar-refractivity contribution in [3.8, 4) is 11.1 Å². The van der Waals surface area contributed by atoms with E-state index in [9.17, 15) is 9.18 Å². The molecule has 36 heavy (non-hydrogen) atoms. The maximum Gasteiger partial charge on any atom is 0.251 e. The summed E-state index contributed by atoms with van der Waals surface area (Å²) in [5.41, 5.74) is 4.92. The molecule has 0 aliphatic heterocycles. The van der Waals surface area contributed by atoms with Gasteiger partial charge in [0.15, 0.2) is 0 Å². The fourth-order valence-electron chi connectivity index (χ4n) is 5.57. The number of rotatable bonds is 7. The number of pyridine rings is 1. The fourth-order valence-corrected chi connectivity index (χ4v) is 5.57. The van der Waals surface area contributed by atoms with Crippen LogP contribution in [-0.2, 0) is 0 Å². The van der Waals surface area contributed by atoms with Crippen LogP contribution in [0, 0.1) is 11.7 Å². The number of carbonyl (C=O) groups is 1. The first-order valence-corrected chi connectivity index (χ1v) is 12.7. The molecule has 182 valence electrons. The predicted molar refractivity (Wildman–Crippen MR) is 144 cm³/mol. The van der Waals surface area contributed by atoms with E-state index in [2.05, 4.69) is 29.0 Å². The van der Waals surface area contributed by atoms with Gasteiger partial charge in [-0.25, -0.2) is 4.39 Å². The fraction of sp³-hybridized carbons (Fsp3) is 0.250. The summed E-state index contributed by atoms with van der Waals surface area (Å²) < 4.78 is 13.9. The third-order valence-corrected chi connectivity index (χ3v) is 7.51. The number of benzene rings is 3. The van der Waals surface area contributed by atoms with E-state index in [4.69, 9.17) is 0 Å². The first kappa shape index (κ1) is 23.9. The molecule has 3 aromatic carbocycles. The second-order valence-corrected chi connectivity index (χ2v) is 9.72. The Morgan fingerprint density at radius 2 is 1.69 bits per heavy atom. The van der Waals surface area contributed by atoms with Crippen LogP contribution in [0.3, 0.4) is 0 Å².